The second-order valence-corrected chi connectivity index (χ2v) is 7.49. The number of alkyl halides is 12. The largest absolute Gasteiger partial charge is 0.359 e. The van der Waals surface area contributed by atoms with Crippen molar-refractivity contribution >= 4 is 92.8 Å². The third-order valence-electron chi connectivity index (χ3n) is 1.31. The van der Waals surface area contributed by atoms with Crippen LogP contribution in [-0.2, 0) is 4.74 Å². The standard InChI is InChI=1S/C5Cl8F4O/c6-1(7,4(12,15)16)3(10,11)18-5(13,17)2(8,9)14. The maximum Gasteiger partial charge on any atom is 0.359 e. The van der Waals surface area contributed by atoms with E-state index in [9.17, 15) is 17.6 Å². The zero-order valence-electron chi connectivity index (χ0n) is 7.44. The van der Waals surface area contributed by atoms with Gasteiger partial charge in [-0.3, -0.25) is 4.74 Å². The first kappa shape index (κ1) is 20.0. The molecule has 0 aromatic heterocycles. The predicted octanol–water partition coefficient (Wildman–Crippen LogP) is 6.10. The molecule has 0 fully saturated rings. The van der Waals surface area contributed by atoms with Gasteiger partial charge >= 0.3 is 15.3 Å². The van der Waals surface area contributed by atoms with Crippen LogP contribution in [0, 0.1) is 0 Å². The zero-order valence-corrected chi connectivity index (χ0v) is 13.5. The van der Waals surface area contributed by atoms with Gasteiger partial charge in [-0.25, -0.2) is 0 Å². The molecule has 0 radical (unpaired) electrons. The summed E-state index contributed by atoms with van der Waals surface area (Å²) < 4.78 is 44.5. The van der Waals surface area contributed by atoms with Crippen molar-refractivity contribution in [2.75, 3.05) is 0 Å². The molecule has 1 atom stereocenters. The molecule has 13 heteroatoms. The summed E-state index contributed by atoms with van der Waals surface area (Å²) in [6.45, 7) is 0. The van der Waals surface area contributed by atoms with Gasteiger partial charge in [0.15, 0.2) is 0 Å². The van der Waals surface area contributed by atoms with E-state index in [1.165, 1.54) is 0 Å². The summed E-state index contributed by atoms with van der Waals surface area (Å²) in [6, 6.07) is 0. The minimum absolute atomic E-state index is 3.50. The fraction of sp³-hybridized carbons (Fsp3) is 1.00. The molecule has 1 nitrogen and oxygen atoms in total. The van der Waals surface area contributed by atoms with Crippen LogP contribution in [0.5, 0.6) is 0 Å². The molecule has 0 aliphatic rings. The van der Waals surface area contributed by atoms with Gasteiger partial charge in [0, 0.05) is 0 Å². The number of rotatable bonds is 5. The molecule has 0 rings (SSSR count). The summed E-state index contributed by atoms with van der Waals surface area (Å²) in [5, 5.41) is -8.64. The van der Waals surface area contributed by atoms with Crippen molar-refractivity contribution in [1.29, 1.82) is 0 Å². The van der Waals surface area contributed by atoms with Gasteiger partial charge in [0.25, 0.3) is 8.85 Å². The van der Waals surface area contributed by atoms with E-state index in [1.807, 2.05) is 0 Å². The van der Waals surface area contributed by atoms with Crippen LogP contribution in [0.25, 0.3) is 0 Å². The first-order chi connectivity index (χ1) is 7.46. The van der Waals surface area contributed by atoms with Gasteiger partial charge in [-0.1, -0.05) is 69.6 Å². The third kappa shape index (κ3) is 4.25. The lowest BCUT2D eigenvalue weighted by Gasteiger charge is -2.38. The molecule has 0 aliphatic carbocycles. The summed E-state index contributed by atoms with van der Waals surface area (Å²) in [5.41, 5.74) is 0. The highest BCUT2D eigenvalue weighted by Gasteiger charge is 2.69. The number of ether oxygens (including phenoxy) is 1. The average Bonchev–Trinajstić information content (AvgIpc) is 1.96. The van der Waals surface area contributed by atoms with Crippen molar-refractivity contribution in [3.8, 4) is 0 Å². The van der Waals surface area contributed by atoms with Gasteiger partial charge < -0.3 is 0 Å². The molecule has 110 valence electrons. The Hall–Kier alpha value is 2.00. The van der Waals surface area contributed by atoms with Gasteiger partial charge in [0.1, 0.15) is 0 Å². The molecule has 18 heavy (non-hydrogen) atoms. The molecular formula is C5Cl8F4O. The van der Waals surface area contributed by atoms with E-state index >= 15 is 0 Å². The van der Waals surface area contributed by atoms with E-state index in [-0.39, 0.29) is 0 Å². The van der Waals surface area contributed by atoms with Crippen LogP contribution in [0.4, 0.5) is 17.6 Å². The number of hydrogen-bond acceptors (Lipinski definition) is 1. The lowest BCUT2D eigenvalue weighted by molar-refractivity contribution is -0.156. The van der Waals surface area contributed by atoms with Crippen molar-refractivity contribution < 1.29 is 22.3 Å². The van der Waals surface area contributed by atoms with Crippen LogP contribution < -0.4 is 0 Å². The fourth-order valence-electron chi connectivity index (χ4n) is 0.448. The molecule has 0 aromatic rings. The zero-order chi connectivity index (χ0) is 15.2. The summed E-state index contributed by atoms with van der Waals surface area (Å²) in [5.74, 6) is 0. The summed E-state index contributed by atoms with van der Waals surface area (Å²) in [6.07, 6.45) is 0. The Kier molecular flexibility index (Phi) is 6.28. The predicted molar refractivity (Wildman–Crippen MR) is 66.0 cm³/mol. The van der Waals surface area contributed by atoms with E-state index in [0.717, 1.165) is 0 Å². The maximum atomic E-state index is 13.3. The Bertz CT molecular complexity index is 308. The van der Waals surface area contributed by atoms with E-state index < -0.39 is 24.1 Å². The van der Waals surface area contributed by atoms with Crippen LogP contribution in [0.2, 0.25) is 0 Å². The minimum atomic E-state index is -4.50. The first-order valence-electron chi connectivity index (χ1n) is 3.43. The highest BCUT2D eigenvalue weighted by atomic mass is 35.5. The maximum absolute atomic E-state index is 13.3. The van der Waals surface area contributed by atoms with E-state index in [0.29, 0.717) is 0 Å². The van der Waals surface area contributed by atoms with Gasteiger partial charge in [0.05, 0.1) is 0 Å². The fourth-order valence-corrected chi connectivity index (χ4v) is 1.48. The van der Waals surface area contributed by atoms with Crippen molar-refractivity contribution in [2.45, 2.75) is 24.1 Å². The van der Waals surface area contributed by atoms with Crippen LogP contribution in [-0.4, -0.2) is 24.1 Å². The van der Waals surface area contributed by atoms with E-state index in [2.05, 4.69) is 39.5 Å². The molecule has 0 saturated carbocycles. The second-order valence-electron chi connectivity index (χ2n) is 2.71. The molecule has 0 heterocycles. The molecule has 0 aliphatic heterocycles. The molecular weight excluding hydrogens is 436 g/mol. The van der Waals surface area contributed by atoms with Gasteiger partial charge in [0.2, 0.25) is 0 Å². The monoisotopic (exact) mass is 432 g/mol. The van der Waals surface area contributed by atoms with Crippen LogP contribution in [0.1, 0.15) is 0 Å². The van der Waals surface area contributed by atoms with Crippen molar-refractivity contribution in [3.05, 3.63) is 0 Å². The lowest BCUT2D eigenvalue weighted by Crippen LogP contribution is -2.54. The quantitative estimate of drug-likeness (QED) is 0.374. The van der Waals surface area contributed by atoms with Crippen molar-refractivity contribution in [3.63, 3.8) is 0 Å². The second kappa shape index (κ2) is 5.65. The van der Waals surface area contributed by atoms with Crippen molar-refractivity contribution in [2.24, 2.45) is 0 Å². The molecule has 0 N–H and O–H groups in total. The Morgan fingerprint density at radius 3 is 1.22 bits per heavy atom. The highest BCUT2D eigenvalue weighted by molar-refractivity contribution is 6.64. The number of hydrogen-bond donors (Lipinski definition) is 0. The van der Waals surface area contributed by atoms with Gasteiger partial charge in [-0.2, -0.15) is 17.6 Å². The normalized spacial score (nSPS) is 18.7. The van der Waals surface area contributed by atoms with Crippen LogP contribution >= 0.6 is 92.8 Å². The Morgan fingerprint density at radius 1 is 0.667 bits per heavy atom. The Balaban J connectivity index is 5.33. The molecule has 0 saturated heterocycles. The minimum Gasteiger partial charge on any atom is -0.289 e. The van der Waals surface area contributed by atoms with Crippen molar-refractivity contribution in [1.82, 2.24) is 0 Å². The SMILES string of the molecule is FC(F)(Cl)C(Cl)(Cl)C(Cl)(Cl)OC(F)(Cl)C(F)(Cl)Cl. The third-order valence-corrected chi connectivity index (χ3v) is 4.92. The first-order valence-corrected chi connectivity index (χ1v) is 6.45. The average molecular weight is 436 g/mol. The van der Waals surface area contributed by atoms with Crippen LogP contribution in [0.3, 0.4) is 0 Å². The topological polar surface area (TPSA) is 9.23 Å². The summed E-state index contributed by atoms with van der Waals surface area (Å²) >= 11 is 38.8. The lowest BCUT2D eigenvalue weighted by atomic mass is 10.4. The van der Waals surface area contributed by atoms with E-state index in [1.54, 1.807) is 0 Å². The molecule has 0 amide bonds. The van der Waals surface area contributed by atoms with E-state index in [4.69, 9.17) is 58.0 Å². The summed E-state index contributed by atoms with van der Waals surface area (Å²) in [4.78, 5) is 0. The highest BCUT2D eigenvalue weighted by Crippen LogP contribution is 2.58. The Morgan fingerprint density at radius 2 is 1.00 bits per heavy atom. The smallest absolute Gasteiger partial charge is 0.289 e. The number of halogens is 12. The van der Waals surface area contributed by atoms with Crippen LogP contribution in [0.15, 0.2) is 0 Å². The summed E-state index contributed by atoms with van der Waals surface area (Å²) in [7, 11) is 0. The molecule has 0 bridgehead atoms. The Labute approximate surface area is 138 Å². The molecule has 0 aromatic carbocycles. The van der Waals surface area contributed by atoms with Gasteiger partial charge in [-0.05, 0) is 23.2 Å². The molecule has 0 spiro atoms. The molecule has 1 unspecified atom stereocenters. The van der Waals surface area contributed by atoms with Gasteiger partial charge in [-0.15, -0.1) is 0 Å².